The zero-order valence-corrected chi connectivity index (χ0v) is 10.8. The molecular weight excluding hydrogens is 210 g/mol. The molecule has 0 spiro atoms. The summed E-state index contributed by atoms with van der Waals surface area (Å²) in [6.45, 7) is 2.06. The van der Waals surface area contributed by atoms with Crippen LogP contribution in [0.2, 0.25) is 0 Å². The number of carbonyl (C=O) groups excluding carboxylic acids is 1. The number of hydrogen-bond donors (Lipinski definition) is 0. The zero-order chi connectivity index (χ0) is 12.3. The predicted octanol–water partition coefficient (Wildman–Crippen LogP) is 3.54. The quantitative estimate of drug-likeness (QED) is 0.762. The molecule has 1 saturated carbocycles. The van der Waals surface area contributed by atoms with Gasteiger partial charge in [-0.05, 0) is 31.9 Å². The molecular formula is C15H21NO. The van der Waals surface area contributed by atoms with Crippen molar-refractivity contribution in [3.05, 3.63) is 29.8 Å². The summed E-state index contributed by atoms with van der Waals surface area (Å²) >= 11 is 0. The number of benzene rings is 1. The SMILES string of the molecule is Cc1ccc(N(C)C(=O)C2CCCCC2)cc1. The molecule has 0 heterocycles. The first-order valence-corrected chi connectivity index (χ1v) is 6.53. The van der Waals surface area contributed by atoms with Crippen molar-refractivity contribution in [3.8, 4) is 0 Å². The van der Waals surface area contributed by atoms with Crippen LogP contribution in [0.15, 0.2) is 24.3 Å². The molecule has 0 aromatic heterocycles. The number of aryl methyl sites for hydroxylation is 1. The van der Waals surface area contributed by atoms with Gasteiger partial charge in [-0.3, -0.25) is 4.79 Å². The normalized spacial score (nSPS) is 16.8. The summed E-state index contributed by atoms with van der Waals surface area (Å²) < 4.78 is 0. The molecule has 1 amide bonds. The lowest BCUT2D eigenvalue weighted by atomic mass is 9.88. The standard InChI is InChI=1S/C15H21NO/c1-12-8-10-14(11-9-12)16(2)15(17)13-6-4-3-5-7-13/h8-11,13H,3-7H2,1-2H3. The van der Waals surface area contributed by atoms with Gasteiger partial charge in [-0.15, -0.1) is 0 Å². The van der Waals surface area contributed by atoms with Crippen LogP contribution < -0.4 is 4.90 Å². The summed E-state index contributed by atoms with van der Waals surface area (Å²) in [6.07, 6.45) is 5.83. The molecule has 92 valence electrons. The lowest BCUT2D eigenvalue weighted by molar-refractivity contribution is -0.123. The molecule has 2 nitrogen and oxygen atoms in total. The van der Waals surface area contributed by atoms with E-state index in [-0.39, 0.29) is 11.8 Å². The van der Waals surface area contributed by atoms with Crippen molar-refractivity contribution in [2.45, 2.75) is 39.0 Å². The van der Waals surface area contributed by atoms with E-state index >= 15 is 0 Å². The summed E-state index contributed by atoms with van der Waals surface area (Å²) in [5.74, 6) is 0.531. The van der Waals surface area contributed by atoms with Gasteiger partial charge in [-0.2, -0.15) is 0 Å². The first-order valence-electron chi connectivity index (χ1n) is 6.53. The highest BCUT2D eigenvalue weighted by molar-refractivity contribution is 5.94. The summed E-state index contributed by atoms with van der Waals surface area (Å²) in [4.78, 5) is 14.1. The van der Waals surface area contributed by atoms with Crippen LogP contribution in [-0.4, -0.2) is 13.0 Å². The molecule has 0 aliphatic heterocycles. The van der Waals surface area contributed by atoms with Gasteiger partial charge in [-0.1, -0.05) is 37.0 Å². The van der Waals surface area contributed by atoms with E-state index in [1.54, 1.807) is 0 Å². The maximum Gasteiger partial charge on any atom is 0.229 e. The highest BCUT2D eigenvalue weighted by atomic mass is 16.2. The second-order valence-electron chi connectivity index (χ2n) is 5.07. The fourth-order valence-corrected chi connectivity index (χ4v) is 2.52. The monoisotopic (exact) mass is 231 g/mol. The third kappa shape index (κ3) is 2.87. The van der Waals surface area contributed by atoms with E-state index in [9.17, 15) is 4.79 Å². The highest BCUT2D eigenvalue weighted by Gasteiger charge is 2.24. The van der Waals surface area contributed by atoms with Gasteiger partial charge in [0.2, 0.25) is 5.91 Å². The average molecular weight is 231 g/mol. The lowest BCUT2D eigenvalue weighted by Gasteiger charge is -2.26. The molecule has 1 aromatic rings. The Morgan fingerprint density at radius 2 is 1.71 bits per heavy atom. The van der Waals surface area contributed by atoms with E-state index in [1.165, 1.54) is 24.8 Å². The van der Waals surface area contributed by atoms with E-state index in [2.05, 4.69) is 19.1 Å². The second-order valence-corrected chi connectivity index (χ2v) is 5.07. The molecule has 0 unspecified atom stereocenters. The van der Waals surface area contributed by atoms with Crippen LogP contribution in [0.5, 0.6) is 0 Å². The lowest BCUT2D eigenvalue weighted by Crippen LogP contribution is -2.33. The maximum atomic E-state index is 12.3. The van der Waals surface area contributed by atoms with Gasteiger partial charge in [0.05, 0.1) is 0 Å². The molecule has 1 fully saturated rings. The number of rotatable bonds is 2. The molecule has 0 bridgehead atoms. The highest BCUT2D eigenvalue weighted by Crippen LogP contribution is 2.26. The molecule has 2 heteroatoms. The summed E-state index contributed by atoms with van der Waals surface area (Å²) in [5.41, 5.74) is 2.23. The van der Waals surface area contributed by atoms with Gasteiger partial charge >= 0.3 is 0 Å². The molecule has 0 N–H and O–H groups in total. The first-order chi connectivity index (χ1) is 8.18. The maximum absolute atomic E-state index is 12.3. The van der Waals surface area contributed by atoms with Crippen LogP contribution in [0, 0.1) is 12.8 Å². The zero-order valence-electron chi connectivity index (χ0n) is 10.8. The van der Waals surface area contributed by atoms with Crippen molar-refractivity contribution >= 4 is 11.6 Å². The minimum atomic E-state index is 0.245. The van der Waals surface area contributed by atoms with E-state index < -0.39 is 0 Å². The number of hydrogen-bond acceptors (Lipinski definition) is 1. The summed E-state index contributed by atoms with van der Waals surface area (Å²) in [7, 11) is 1.89. The van der Waals surface area contributed by atoms with Crippen molar-refractivity contribution in [3.63, 3.8) is 0 Å². The van der Waals surface area contributed by atoms with Crippen molar-refractivity contribution in [1.82, 2.24) is 0 Å². The Kier molecular flexibility index (Phi) is 3.82. The first kappa shape index (κ1) is 12.2. The molecule has 1 aliphatic rings. The van der Waals surface area contributed by atoms with Crippen LogP contribution >= 0.6 is 0 Å². The Morgan fingerprint density at radius 1 is 1.12 bits per heavy atom. The Balaban J connectivity index is 2.05. The van der Waals surface area contributed by atoms with Crippen LogP contribution in [0.4, 0.5) is 5.69 Å². The van der Waals surface area contributed by atoms with Gasteiger partial charge in [0, 0.05) is 18.7 Å². The van der Waals surface area contributed by atoms with Crippen LogP contribution in [0.25, 0.3) is 0 Å². The van der Waals surface area contributed by atoms with E-state index in [0.29, 0.717) is 0 Å². The van der Waals surface area contributed by atoms with E-state index in [0.717, 1.165) is 18.5 Å². The topological polar surface area (TPSA) is 20.3 Å². The Labute approximate surface area is 104 Å². The predicted molar refractivity (Wildman–Crippen MR) is 71.2 cm³/mol. The van der Waals surface area contributed by atoms with Crippen molar-refractivity contribution in [2.24, 2.45) is 5.92 Å². The Hall–Kier alpha value is -1.31. The fourth-order valence-electron chi connectivity index (χ4n) is 2.52. The molecule has 0 atom stereocenters. The summed E-state index contributed by atoms with van der Waals surface area (Å²) in [6, 6.07) is 8.16. The van der Waals surface area contributed by atoms with E-state index in [4.69, 9.17) is 0 Å². The second kappa shape index (κ2) is 5.35. The van der Waals surface area contributed by atoms with Crippen molar-refractivity contribution in [2.75, 3.05) is 11.9 Å². The van der Waals surface area contributed by atoms with Gasteiger partial charge in [-0.25, -0.2) is 0 Å². The number of nitrogens with zero attached hydrogens (tertiary/aromatic N) is 1. The Morgan fingerprint density at radius 3 is 2.29 bits per heavy atom. The average Bonchev–Trinajstić information content (AvgIpc) is 2.39. The van der Waals surface area contributed by atoms with Gasteiger partial charge in [0.15, 0.2) is 0 Å². The van der Waals surface area contributed by atoms with Crippen molar-refractivity contribution in [1.29, 1.82) is 0 Å². The van der Waals surface area contributed by atoms with Crippen molar-refractivity contribution < 1.29 is 4.79 Å². The molecule has 1 aliphatic carbocycles. The smallest absolute Gasteiger partial charge is 0.229 e. The van der Waals surface area contributed by atoms with Gasteiger partial charge in [0.1, 0.15) is 0 Å². The molecule has 1 aromatic carbocycles. The molecule has 0 saturated heterocycles. The Bertz CT molecular complexity index is 376. The fraction of sp³-hybridized carbons (Fsp3) is 0.533. The van der Waals surface area contributed by atoms with Crippen LogP contribution in [0.3, 0.4) is 0 Å². The molecule has 2 rings (SSSR count). The van der Waals surface area contributed by atoms with E-state index in [1.807, 2.05) is 24.1 Å². The number of carbonyl (C=O) groups is 1. The van der Waals surface area contributed by atoms with Crippen LogP contribution in [0.1, 0.15) is 37.7 Å². The third-order valence-electron chi connectivity index (χ3n) is 3.71. The third-order valence-corrected chi connectivity index (χ3v) is 3.71. The minimum Gasteiger partial charge on any atom is -0.315 e. The largest absolute Gasteiger partial charge is 0.315 e. The number of anilines is 1. The minimum absolute atomic E-state index is 0.245. The van der Waals surface area contributed by atoms with Gasteiger partial charge in [0.25, 0.3) is 0 Å². The molecule has 0 radical (unpaired) electrons. The summed E-state index contributed by atoms with van der Waals surface area (Å²) in [5, 5.41) is 0. The van der Waals surface area contributed by atoms with Gasteiger partial charge < -0.3 is 4.90 Å². The number of amides is 1. The van der Waals surface area contributed by atoms with Crippen LogP contribution in [-0.2, 0) is 4.79 Å². The molecule has 17 heavy (non-hydrogen) atoms.